The molecule has 1 aromatic carbocycles. The van der Waals surface area contributed by atoms with Gasteiger partial charge in [-0.25, -0.2) is 0 Å². The van der Waals surface area contributed by atoms with Crippen molar-refractivity contribution in [3.05, 3.63) is 22.2 Å². The molecule has 1 saturated heterocycles. The highest BCUT2D eigenvalue weighted by Gasteiger charge is 2.17. The molecule has 104 valence electrons. The molecular formula is C13H15Cl2NO2S. The van der Waals surface area contributed by atoms with Gasteiger partial charge in [-0.15, -0.1) is 11.8 Å². The van der Waals surface area contributed by atoms with E-state index < -0.39 is 0 Å². The number of benzene rings is 1. The summed E-state index contributed by atoms with van der Waals surface area (Å²) in [4.78, 5) is 14.6. The lowest BCUT2D eigenvalue weighted by Crippen LogP contribution is -2.27. The molecule has 6 heteroatoms. The zero-order valence-corrected chi connectivity index (χ0v) is 12.7. The average Bonchev–Trinajstić information content (AvgIpc) is 2.89. The number of halogens is 2. The highest BCUT2D eigenvalue weighted by molar-refractivity contribution is 7.99. The largest absolute Gasteiger partial charge is 0.505 e. The van der Waals surface area contributed by atoms with Gasteiger partial charge in [0.25, 0.3) is 0 Å². The summed E-state index contributed by atoms with van der Waals surface area (Å²) in [6, 6.07) is 3.32. The number of likely N-dealkylation sites (tertiary alicyclic amines) is 1. The summed E-state index contributed by atoms with van der Waals surface area (Å²) in [6.07, 6.45) is 2.74. The molecule has 1 heterocycles. The first-order valence-electron chi connectivity index (χ1n) is 6.16. The minimum Gasteiger partial charge on any atom is -0.505 e. The van der Waals surface area contributed by atoms with Gasteiger partial charge >= 0.3 is 0 Å². The van der Waals surface area contributed by atoms with Crippen LogP contribution in [0, 0.1) is 0 Å². The zero-order valence-electron chi connectivity index (χ0n) is 10.4. The number of rotatable bonds is 4. The molecule has 0 radical (unpaired) electrons. The molecule has 1 aromatic rings. The molecule has 0 atom stereocenters. The summed E-state index contributed by atoms with van der Waals surface area (Å²) in [5.74, 6) is 0.800. The monoisotopic (exact) mass is 319 g/mol. The summed E-state index contributed by atoms with van der Waals surface area (Å²) >= 11 is 13.2. The van der Waals surface area contributed by atoms with Gasteiger partial charge in [-0.05, 0) is 25.0 Å². The fourth-order valence-electron chi connectivity index (χ4n) is 2.01. The Labute approximate surface area is 126 Å². The Kier molecular flexibility index (Phi) is 5.25. The van der Waals surface area contributed by atoms with Crippen molar-refractivity contribution in [3.8, 4) is 5.75 Å². The fraction of sp³-hybridized carbons (Fsp3) is 0.462. The van der Waals surface area contributed by atoms with Crippen molar-refractivity contribution >= 4 is 40.9 Å². The first-order chi connectivity index (χ1) is 9.08. The molecule has 0 unspecified atom stereocenters. The smallest absolute Gasteiger partial charge is 0.223 e. The maximum absolute atomic E-state index is 11.8. The quantitative estimate of drug-likeness (QED) is 0.858. The number of nitrogens with zero attached hydrogens (tertiary/aromatic N) is 1. The van der Waals surface area contributed by atoms with Crippen molar-refractivity contribution in [3.63, 3.8) is 0 Å². The molecule has 1 aliphatic rings. The standard InChI is InChI=1S/C13H15Cl2NO2S/c14-10-7-9(8-11(15)13(10)18)19-6-3-12(17)16-4-1-2-5-16/h7-8,18H,1-6H2. The van der Waals surface area contributed by atoms with E-state index in [2.05, 4.69) is 0 Å². The van der Waals surface area contributed by atoms with E-state index >= 15 is 0 Å². The molecule has 2 rings (SSSR count). The number of phenols is 1. The van der Waals surface area contributed by atoms with E-state index in [1.807, 2.05) is 4.90 Å². The van der Waals surface area contributed by atoms with E-state index in [1.54, 1.807) is 12.1 Å². The second-order valence-corrected chi connectivity index (χ2v) is 6.40. The van der Waals surface area contributed by atoms with E-state index in [1.165, 1.54) is 11.8 Å². The molecule has 3 nitrogen and oxygen atoms in total. The minimum atomic E-state index is -0.0965. The van der Waals surface area contributed by atoms with Crippen LogP contribution in [0.1, 0.15) is 19.3 Å². The summed E-state index contributed by atoms with van der Waals surface area (Å²) in [5.41, 5.74) is 0. The van der Waals surface area contributed by atoms with Crippen LogP contribution in [0.5, 0.6) is 5.75 Å². The summed E-state index contributed by atoms with van der Waals surface area (Å²) in [7, 11) is 0. The van der Waals surface area contributed by atoms with Crippen molar-refractivity contribution in [1.29, 1.82) is 0 Å². The van der Waals surface area contributed by atoms with E-state index in [-0.39, 0.29) is 21.7 Å². The average molecular weight is 320 g/mol. The molecule has 0 aliphatic carbocycles. The molecule has 1 fully saturated rings. The second kappa shape index (κ2) is 6.73. The number of hydrogen-bond acceptors (Lipinski definition) is 3. The first kappa shape index (κ1) is 14.8. The van der Waals surface area contributed by atoms with Gasteiger partial charge in [0.05, 0.1) is 10.0 Å². The number of carbonyl (C=O) groups is 1. The summed E-state index contributed by atoms with van der Waals surface area (Å²) < 4.78 is 0. The van der Waals surface area contributed by atoms with Crippen LogP contribution < -0.4 is 0 Å². The van der Waals surface area contributed by atoms with Crippen molar-refractivity contribution in [2.45, 2.75) is 24.2 Å². The van der Waals surface area contributed by atoms with Gasteiger partial charge in [-0.3, -0.25) is 4.79 Å². The van der Waals surface area contributed by atoms with Crippen LogP contribution in [0.2, 0.25) is 10.0 Å². The molecule has 19 heavy (non-hydrogen) atoms. The van der Waals surface area contributed by atoms with Crippen LogP contribution in [0.15, 0.2) is 17.0 Å². The minimum absolute atomic E-state index is 0.0965. The normalized spacial score (nSPS) is 14.9. The zero-order chi connectivity index (χ0) is 13.8. The van der Waals surface area contributed by atoms with Crippen molar-refractivity contribution in [2.24, 2.45) is 0 Å². The Morgan fingerprint density at radius 3 is 2.42 bits per heavy atom. The SMILES string of the molecule is O=C(CCSc1cc(Cl)c(O)c(Cl)c1)N1CCCC1. The third-order valence-corrected chi connectivity index (χ3v) is 4.59. The second-order valence-electron chi connectivity index (χ2n) is 4.42. The first-order valence-corrected chi connectivity index (χ1v) is 7.90. The van der Waals surface area contributed by atoms with Crippen LogP contribution in [0.4, 0.5) is 0 Å². The van der Waals surface area contributed by atoms with E-state index in [9.17, 15) is 9.90 Å². The highest BCUT2D eigenvalue weighted by atomic mass is 35.5. The number of amides is 1. The van der Waals surface area contributed by atoms with E-state index in [0.29, 0.717) is 12.2 Å². The Morgan fingerprint density at radius 2 is 1.84 bits per heavy atom. The Bertz CT molecular complexity index is 453. The van der Waals surface area contributed by atoms with Gasteiger partial charge in [-0.2, -0.15) is 0 Å². The molecule has 0 aromatic heterocycles. The van der Waals surface area contributed by atoms with Crippen LogP contribution in [0.25, 0.3) is 0 Å². The number of aromatic hydroxyl groups is 1. The van der Waals surface area contributed by atoms with E-state index in [0.717, 1.165) is 30.8 Å². The molecule has 1 N–H and O–H groups in total. The predicted octanol–water partition coefficient (Wildman–Crippen LogP) is 3.80. The summed E-state index contributed by atoms with van der Waals surface area (Å²) in [5, 5.41) is 9.93. The van der Waals surface area contributed by atoms with Crippen LogP contribution in [0.3, 0.4) is 0 Å². The number of carbonyl (C=O) groups excluding carboxylic acids is 1. The van der Waals surface area contributed by atoms with Crippen molar-refractivity contribution in [2.75, 3.05) is 18.8 Å². The van der Waals surface area contributed by atoms with Gasteiger partial charge in [0.15, 0.2) is 5.75 Å². The number of thioether (sulfide) groups is 1. The molecule has 0 saturated carbocycles. The van der Waals surface area contributed by atoms with Crippen LogP contribution in [-0.4, -0.2) is 34.8 Å². The molecule has 1 amide bonds. The lowest BCUT2D eigenvalue weighted by Gasteiger charge is -2.14. The fourth-order valence-corrected chi connectivity index (χ4v) is 3.54. The Balaban J connectivity index is 1.84. The third-order valence-electron chi connectivity index (χ3n) is 3.03. The molecule has 0 bridgehead atoms. The Morgan fingerprint density at radius 1 is 1.26 bits per heavy atom. The van der Waals surface area contributed by atoms with E-state index in [4.69, 9.17) is 23.2 Å². The lowest BCUT2D eigenvalue weighted by molar-refractivity contribution is -0.129. The number of hydrogen-bond donors (Lipinski definition) is 1. The van der Waals surface area contributed by atoms with Crippen molar-refractivity contribution in [1.82, 2.24) is 4.90 Å². The topological polar surface area (TPSA) is 40.5 Å². The maximum atomic E-state index is 11.8. The molecule has 1 aliphatic heterocycles. The molecule has 0 spiro atoms. The van der Waals surface area contributed by atoms with Gasteiger partial charge < -0.3 is 10.0 Å². The van der Waals surface area contributed by atoms with Crippen LogP contribution in [-0.2, 0) is 4.79 Å². The third kappa shape index (κ3) is 3.94. The van der Waals surface area contributed by atoms with Gasteiger partial charge in [0, 0.05) is 30.2 Å². The predicted molar refractivity (Wildman–Crippen MR) is 79.3 cm³/mol. The Hall–Kier alpha value is -0.580. The summed E-state index contributed by atoms with van der Waals surface area (Å²) in [6.45, 7) is 1.78. The maximum Gasteiger partial charge on any atom is 0.223 e. The number of phenolic OH excluding ortho intramolecular Hbond substituents is 1. The van der Waals surface area contributed by atoms with Gasteiger partial charge in [0.1, 0.15) is 0 Å². The highest BCUT2D eigenvalue weighted by Crippen LogP contribution is 2.36. The van der Waals surface area contributed by atoms with Gasteiger partial charge in [-0.1, -0.05) is 23.2 Å². The molecular weight excluding hydrogens is 305 g/mol. The van der Waals surface area contributed by atoms with Crippen molar-refractivity contribution < 1.29 is 9.90 Å². The van der Waals surface area contributed by atoms with Crippen LogP contribution >= 0.6 is 35.0 Å². The lowest BCUT2D eigenvalue weighted by atomic mass is 10.3. The van der Waals surface area contributed by atoms with Gasteiger partial charge in [0.2, 0.25) is 5.91 Å².